The lowest BCUT2D eigenvalue weighted by atomic mass is 10.0. The minimum Gasteiger partial charge on any atom is -0.508 e. The molecule has 0 spiro atoms. The van der Waals surface area contributed by atoms with Crippen LogP contribution in [0.1, 0.15) is 18.5 Å². The van der Waals surface area contributed by atoms with Crippen LogP contribution in [0, 0.1) is 0 Å². The number of nitrogens with two attached hydrogens (primary N) is 1. The second kappa shape index (κ2) is 4.78. The van der Waals surface area contributed by atoms with Crippen LogP contribution in [0.3, 0.4) is 0 Å². The molecule has 0 aromatic heterocycles. The molecule has 1 atom stereocenters. The molecule has 2 nitrogen and oxygen atoms in total. The maximum atomic E-state index is 9.25. The maximum absolute atomic E-state index is 9.25. The zero-order chi connectivity index (χ0) is 12.4. The van der Waals surface area contributed by atoms with Gasteiger partial charge >= 0.3 is 0 Å². The van der Waals surface area contributed by atoms with Crippen LogP contribution in [0.5, 0.6) is 5.75 Å². The lowest BCUT2D eigenvalue weighted by Crippen LogP contribution is -2.05. The Bertz CT molecular complexity index is 520. The monoisotopic (exact) mass is 247 g/mol. The zero-order valence-corrected chi connectivity index (χ0v) is 10.3. The number of halogens is 1. The molecule has 0 amide bonds. The highest BCUT2D eigenvalue weighted by atomic mass is 35.5. The highest BCUT2D eigenvalue weighted by molar-refractivity contribution is 6.31. The average molecular weight is 248 g/mol. The van der Waals surface area contributed by atoms with Crippen molar-refractivity contribution in [1.29, 1.82) is 0 Å². The molecule has 0 radical (unpaired) electrons. The van der Waals surface area contributed by atoms with E-state index in [0.717, 1.165) is 16.7 Å². The third-order valence-corrected chi connectivity index (χ3v) is 3.03. The maximum Gasteiger partial charge on any atom is 0.115 e. The SMILES string of the molecule is CC(N)c1cc(-c2ccc(O)cc2)ccc1Cl. The van der Waals surface area contributed by atoms with E-state index < -0.39 is 0 Å². The Morgan fingerprint density at radius 2 is 1.65 bits per heavy atom. The van der Waals surface area contributed by atoms with Gasteiger partial charge in [-0.2, -0.15) is 0 Å². The van der Waals surface area contributed by atoms with Crippen LogP contribution in [-0.2, 0) is 0 Å². The van der Waals surface area contributed by atoms with Gasteiger partial charge in [0.25, 0.3) is 0 Å². The molecule has 0 heterocycles. The minimum atomic E-state index is -0.0976. The predicted molar refractivity (Wildman–Crippen MR) is 71.2 cm³/mol. The van der Waals surface area contributed by atoms with Crippen molar-refractivity contribution in [1.82, 2.24) is 0 Å². The molecular weight excluding hydrogens is 234 g/mol. The molecule has 0 bridgehead atoms. The summed E-state index contributed by atoms with van der Waals surface area (Å²) in [5.41, 5.74) is 8.86. The molecule has 2 aromatic rings. The van der Waals surface area contributed by atoms with Crippen molar-refractivity contribution in [2.75, 3.05) is 0 Å². The fourth-order valence-electron chi connectivity index (χ4n) is 1.73. The van der Waals surface area contributed by atoms with E-state index in [4.69, 9.17) is 17.3 Å². The number of aromatic hydroxyl groups is 1. The molecule has 88 valence electrons. The molecule has 0 saturated heterocycles. The third kappa shape index (κ3) is 2.60. The van der Waals surface area contributed by atoms with E-state index in [9.17, 15) is 5.11 Å². The van der Waals surface area contributed by atoms with Gasteiger partial charge in [-0.05, 0) is 47.9 Å². The average Bonchev–Trinajstić information content (AvgIpc) is 2.30. The van der Waals surface area contributed by atoms with E-state index in [1.54, 1.807) is 12.1 Å². The summed E-state index contributed by atoms with van der Waals surface area (Å²) in [6.45, 7) is 1.90. The summed E-state index contributed by atoms with van der Waals surface area (Å²) >= 11 is 6.08. The summed E-state index contributed by atoms with van der Waals surface area (Å²) in [5, 5.41) is 9.93. The normalized spacial score (nSPS) is 12.4. The fourth-order valence-corrected chi connectivity index (χ4v) is 2.02. The van der Waals surface area contributed by atoms with Crippen molar-refractivity contribution in [3.05, 3.63) is 53.1 Å². The quantitative estimate of drug-likeness (QED) is 0.849. The zero-order valence-electron chi connectivity index (χ0n) is 9.52. The summed E-state index contributed by atoms with van der Waals surface area (Å²) < 4.78 is 0. The van der Waals surface area contributed by atoms with Gasteiger partial charge in [0.1, 0.15) is 5.75 Å². The number of rotatable bonds is 2. The lowest BCUT2D eigenvalue weighted by molar-refractivity contribution is 0.475. The molecule has 0 aliphatic rings. The van der Waals surface area contributed by atoms with Gasteiger partial charge in [-0.1, -0.05) is 29.8 Å². The van der Waals surface area contributed by atoms with Crippen molar-refractivity contribution < 1.29 is 5.11 Å². The summed E-state index contributed by atoms with van der Waals surface area (Å²) in [7, 11) is 0. The van der Waals surface area contributed by atoms with E-state index in [0.29, 0.717) is 5.02 Å². The van der Waals surface area contributed by atoms with E-state index in [2.05, 4.69) is 0 Å². The fraction of sp³-hybridized carbons (Fsp3) is 0.143. The molecule has 17 heavy (non-hydrogen) atoms. The Balaban J connectivity index is 2.46. The Labute approximate surface area is 106 Å². The van der Waals surface area contributed by atoms with Gasteiger partial charge in [0, 0.05) is 11.1 Å². The summed E-state index contributed by atoms with van der Waals surface area (Å²) in [4.78, 5) is 0. The van der Waals surface area contributed by atoms with Crippen LogP contribution in [-0.4, -0.2) is 5.11 Å². The summed E-state index contributed by atoms with van der Waals surface area (Å²) in [5.74, 6) is 0.259. The molecule has 2 aromatic carbocycles. The summed E-state index contributed by atoms with van der Waals surface area (Å²) in [6, 6.07) is 12.7. The van der Waals surface area contributed by atoms with Gasteiger partial charge in [-0.15, -0.1) is 0 Å². The number of benzene rings is 2. The van der Waals surface area contributed by atoms with Gasteiger partial charge in [0.2, 0.25) is 0 Å². The highest BCUT2D eigenvalue weighted by Crippen LogP contribution is 2.28. The molecule has 0 saturated carbocycles. The smallest absolute Gasteiger partial charge is 0.115 e. The van der Waals surface area contributed by atoms with Crippen LogP contribution in [0.2, 0.25) is 5.02 Å². The van der Waals surface area contributed by atoms with Gasteiger partial charge in [-0.3, -0.25) is 0 Å². The molecule has 3 heteroatoms. The van der Waals surface area contributed by atoms with Crippen LogP contribution in [0.15, 0.2) is 42.5 Å². The number of hydrogen-bond acceptors (Lipinski definition) is 2. The van der Waals surface area contributed by atoms with E-state index in [1.807, 2.05) is 37.3 Å². The Kier molecular flexibility index (Phi) is 3.36. The summed E-state index contributed by atoms with van der Waals surface area (Å²) in [6.07, 6.45) is 0. The lowest BCUT2D eigenvalue weighted by Gasteiger charge is -2.11. The van der Waals surface area contributed by atoms with Gasteiger partial charge < -0.3 is 10.8 Å². The predicted octanol–water partition coefficient (Wildman–Crippen LogP) is 3.73. The first kappa shape index (κ1) is 12.0. The second-order valence-electron chi connectivity index (χ2n) is 4.07. The number of hydrogen-bond donors (Lipinski definition) is 2. The van der Waals surface area contributed by atoms with E-state index >= 15 is 0 Å². The first-order valence-electron chi connectivity index (χ1n) is 5.42. The number of phenols is 1. The van der Waals surface area contributed by atoms with E-state index in [-0.39, 0.29) is 11.8 Å². The Morgan fingerprint density at radius 3 is 2.24 bits per heavy atom. The van der Waals surface area contributed by atoms with Gasteiger partial charge in [0.15, 0.2) is 0 Å². The highest BCUT2D eigenvalue weighted by Gasteiger charge is 2.07. The first-order valence-corrected chi connectivity index (χ1v) is 5.80. The molecular formula is C14H14ClNO. The Morgan fingerprint density at radius 1 is 1.06 bits per heavy atom. The first-order chi connectivity index (χ1) is 8.08. The standard InChI is InChI=1S/C14H14ClNO/c1-9(16)13-8-11(4-7-14(13)15)10-2-5-12(17)6-3-10/h2-9,17H,16H2,1H3. The van der Waals surface area contributed by atoms with E-state index in [1.165, 1.54) is 0 Å². The van der Waals surface area contributed by atoms with Crippen molar-refractivity contribution in [3.8, 4) is 16.9 Å². The van der Waals surface area contributed by atoms with Gasteiger partial charge in [-0.25, -0.2) is 0 Å². The molecule has 1 unspecified atom stereocenters. The van der Waals surface area contributed by atoms with Crippen molar-refractivity contribution >= 4 is 11.6 Å². The Hall–Kier alpha value is -1.51. The van der Waals surface area contributed by atoms with Crippen LogP contribution in [0.4, 0.5) is 0 Å². The molecule has 2 rings (SSSR count). The molecule has 0 fully saturated rings. The topological polar surface area (TPSA) is 46.2 Å². The minimum absolute atomic E-state index is 0.0976. The second-order valence-corrected chi connectivity index (χ2v) is 4.48. The number of phenolic OH excluding ortho intramolecular Hbond substituents is 1. The van der Waals surface area contributed by atoms with Crippen LogP contribution < -0.4 is 5.73 Å². The van der Waals surface area contributed by atoms with Crippen LogP contribution in [0.25, 0.3) is 11.1 Å². The van der Waals surface area contributed by atoms with Crippen LogP contribution >= 0.6 is 11.6 Å². The van der Waals surface area contributed by atoms with Crippen molar-refractivity contribution in [2.24, 2.45) is 5.73 Å². The van der Waals surface area contributed by atoms with Crippen molar-refractivity contribution in [3.63, 3.8) is 0 Å². The van der Waals surface area contributed by atoms with Gasteiger partial charge in [0.05, 0.1) is 0 Å². The van der Waals surface area contributed by atoms with Crippen molar-refractivity contribution in [2.45, 2.75) is 13.0 Å². The molecule has 3 N–H and O–H groups in total. The molecule has 0 aliphatic carbocycles. The molecule has 0 aliphatic heterocycles. The largest absolute Gasteiger partial charge is 0.508 e. The third-order valence-electron chi connectivity index (χ3n) is 2.69.